The Morgan fingerprint density at radius 2 is 1.92 bits per heavy atom. The molecule has 3 rings (SSSR count). The second kappa shape index (κ2) is 7.88. The molecule has 0 aliphatic rings. The summed E-state index contributed by atoms with van der Waals surface area (Å²) in [4.78, 5) is 20.4. The lowest BCUT2D eigenvalue weighted by Crippen LogP contribution is -2.13. The number of nitrogens with zero attached hydrogens (tertiary/aromatic N) is 2. The minimum atomic E-state index is -0.321. The van der Waals surface area contributed by atoms with Crippen molar-refractivity contribution < 1.29 is 9.90 Å². The van der Waals surface area contributed by atoms with Crippen molar-refractivity contribution in [2.24, 2.45) is 0 Å². The van der Waals surface area contributed by atoms with E-state index in [1.54, 1.807) is 18.3 Å². The zero-order chi connectivity index (χ0) is 17.6. The number of benzene rings is 1. The summed E-state index contributed by atoms with van der Waals surface area (Å²) >= 11 is 5.99. The van der Waals surface area contributed by atoms with Crippen molar-refractivity contribution in [2.45, 2.75) is 13.0 Å². The highest BCUT2D eigenvalue weighted by Crippen LogP contribution is 2.15. The first-order valence-corrected chi connectivity index (χ1v) is 8.07. The topological polar surface area (TPSA) is 75.1 Å². The van der Waals surface area contributed by atoms with Crippen LogP contribution in [0.25, 0.3) is 0 Å². The van der Waals surface area contributed by atoms with Crippen LogP contribution in [0.3, 0.4) is 0 Å². The summed E-state index contributed by atoms with van der Waals surface area (Å²) < 4.78 is 0. The van der Waals surface area contributed by atoms with Crippen LogP contribution < -0.4 is 5.32 Å². The van der Waals surface area contributed by atoms with Crippen LogP contribution in [-0.2, 0) is 13.0 Å². The van der Waals surface area contributed by atoms with E-state index in [1.807, 2.05) is 30.3 Å². The van der Waals surface area contributed by atoms with Gasteiger partial charge in [0.15, 0.2) is 0 Å². The van der Waals surface area contributed by atoms with E-state index in [0.717, 1.165) is 11.1 Å². The van der Waals surface area contributed by atoms with Gasteiger partial charge in [-0.2, -0.15) is 0 Å². The molecule has 25 heavy (non-hydrogen) atoms. The molecule has 0 atom stereocenters. The predicted molar refractivity (Wildman–Crippen MR) is 96.6 cm³/mol. The summed E-state index contributed by atoms with van der Waals surface area (Å²) in [5, 5.41) is 12.5. The minimum absolute atomic E-state index is 0.162. The van der Waals surface area contributed by atoms with Gasteiger partial charge in [0.2, 0.25) is 0 Å². The molecule has 0 aliphatic carbocycles. The van der Waals surface area contributed by atoms with Crippen LogP contribution in [0.1, 0.15) is 27.0 Å². The molecule has 6 heteroatoms. The number of aliphatic hydroxyl groups is 1. The van der Waals surface area contributed by atoms with Gasteiger partial charge in [-0.1, -0.05) is 29.8 Å². The molecule has 2 N–H and O–H groups in total. The lowest BCUT2D eigenvalue weighted by atomic mass is 10.1. The van der Waals surface area contributed by atoms with E-state index in [9.17, 15) is 4.79 Å². The molecule has 5 nitrogen and oxygen atoms in total. The highest BCUT2D eigenvalue weighted by Gasteiger charge is 2.08. The van der Waals surface area contributed by atoms with Crippen LogP contribution in [0.5, 0.6) is 0 Å². The van der Waals surface area contributed by atoms with E-state index < -0.39 is 0 Å². The molecule has 3 aromatic rings. The molecule has 0 bridgehead atoms. The average molecular weight is 354 g/mol. The van der Waals surface area contributed by atoms with E-state index >= 15 is 0 Å². The van der Waals surface area contributed by atoms with Gasteiger partial charge in [-0.3, -0.25) is 9.78 Å². The number of carbonyl (C=O) groups is 1. The average Bonchev–Trinajstić information content (AvgIpc) is 2.63. The van der Waals surface area contributed by atoms with Crippen molar-refractivity contribution in [2.75, 3.05) is 5.32 Å². The van der Waals surface area contributed by atoms with Gasteiger partial charge < -0.3 is 10.4 Å². The molecule has 126 valence electrons. The number of carbonyl (C=O) groups excluding carboxylic acids is 1. The van der Waals surface area contributed by atoms with Gasteiger partial charge >= 0.3 is 0 Å². The molecule has 0 radical (unpaired) electrons. The van der Waals surface area contributed by atoms with Crippen molar-refractivity contribution in [3.63, 3.8) is 0 Å². The first kappa shape index (κ1) is 17.1. The first-order valence-electron chi connectivity index (χ1n) is 7.69. The number of amides is 1. The Bertz CT molecular complexity index is 882. The number of aromatic nitrogens is 2. The molecule has 0 saturated carbocycles. The maximum absolute atomic E-state index is 12.2. The molecular formula is C19H16ClN3O2. The number of aliphatic hydroxyl groups excluding tert-OH is 1. The molecule has 0 aliphatic heterocycles. The molecule has 1 aromatic carbocycles. The van der Waals surface area contributed by atoms with E-state index in [4.69, 9.17) is 16.7 Å². The molecule has 0 fully saturated rings. The summed E-state index contributed by atoms with van der Waals surface area (Å²) in [5.41, 5.74) is 3.07. The SMILES string of the molecule is O=C(Nc1ccc(Cc2cccc(Cl)c2)cn1)c1cncc(CO)c1. The summed E-state index contributed by atoms with van der Waals surface area (Å²) in [6.45, 7) is -0.162. The standard InChI is InChI=1S/C19H16ClN3O2/c20-17-3-1-2-13(8-17)6-14-4-5-18(22-10-14)23-19(25)16-7-15(12-24)9-21-11-16/h1-5,7-11,24H,6,12H2,(H,22,23,25). The van der Waals surface area contributed by atoms with Crippen molar-refractivity contribution in [1.82, 2.24) is 9.97 Å². The summed E-state index contributed by atoms with van der Waals surface area (Å²) in [6.07, 6.45) is 5.39. The third-order valence-corrected chi connectivity index (χ3v) is 3.84. The number of rotatable bonds is 5. The molecule has 1 amide bonds. The molecule has 0 unspecified atom stereocenters. The molecule has 2 aromatic heterocycles. The number of nitrogens with one attached hydrogen (secondary N) is 1. The molecule has 0 saturated heterocycles. The molecular weight excluding hydrogens is 338 g/mol. The fourth-order valence-corrected chi connectivity index (χ4v) is 2.59. The number of hydrogen-bond donors (Lipinski definition) is 2. The second-order valence-corrected chi connectivity index (χ2v) is 5.99. The zero-order valence-electron chi connectivity index (χ0n) is 13.3. The Labute approximate surface area is 150 Å². The Hall–Kier alpha value is -2.76. The van der Waals surface area contributed by atoms with Gasteiger partial charge in [0, 0.05) is 23.6 Å². The van der Waals surface area contributed by atoms with E-state index in [2.05, 4.69) is 15.3 Å². The zero-order valence-corrected chi connectivity index (χ0v) is 14.1. The maximum atomic E-state index is 12.2. The van der Waals surface area contributed by atoms with Crippen LogP contribution in [-0.4, -0.2) is 21.0 Å². The molecule has 2 heterocycles. The van der Waals surface area contributed by atoms with Gasteiger partial charge in [0.25, 0.3) is 5.91 Å². The Kier molecular flexibility index (Phi) is 5.38. The van der Waals surface area contributed by atoms with Crippen LogP contribution in [0.4, 0.5) is 5.82 Å². The highest BCUT2D eigenvalue weighted by atomic mass is 35.5. The van der Waals surface area contributed by atoms with Gasteiger partial charge in [-0.15, -0.1) is 0 Å². The van der Waals surface area contributed by atoms with Crippen LogP contribution in [0.15, 0.2) is 61.1 Å². The van der Waals surface area contributed by atoms with Crippen LogP contribution in [0, 0.1) is 0 Å². The smallest absolute Gasteiger partial charge is 0.258 e. The minimum Gasteiger partial charge on any atom is -0.392 e. The Morgan fingerprint density at radius 3 is 2.64 bits per heavy atom. The van der Waals surface area contributed by atoms with Crippen molar-refractivity contribution in [3.05, 3.63) is 88.3 Å². The van der Waals surface area contributed by atoms with Crippen molar-refractivity contribution in [3.8, 4) is 0 Å². The quantitative estimate of drug-likeness (QED) is 0.736. The Morgan fingerprint density at radius 1 is 1.04 bits per heavy atom. The largest absolute Gasteiger partial charge is 0.392 e. The fraction of sp³-hybridized carbons (Fsp3) is 0.105. The lowest BCUT2D eigenvalue weighted by molar-refractivity contribution is 0.102. The Balaban J connectivity index is 1.66. The van der Waals surface area contributed by atoms with Crippen molar-refractivity contribution in [1.29, 1.82) is 0 Å². The summed E-state index contributed by atoms with van der Waals surface area (Å²) in [7, 11) is 0. The normalized spacial score (nSPS) is 10.5. The number of hydrogen-bond acceptors (Lipinski definition) is 4. The summed E-state index contributed by atoms with van der Waals surface area (Å²) in [6, 6.07) is 12.9. The number of anilines is 1. The number of pyridine rings is 2. The fourth-order valence-electron chi connectivity index (χ4n) is 2.37. The van der Waals surface area contributed by atoms with Gasteiger partial charge in [0.1, 0.15) is 5.82 Å². The van der Waals surface area contributed by atoms with E-state index in [0.29, 0.717) is 28.4 Å². The van der Waals surface area contributed by atoms with E-state index in [-0.39, 0.29) is 12.5 Å². The van der Waals surface area contributed by atoms with Crippen LogP contribution in [0.2, 0.25) is 5.02 Å². The monoisotopic (exact) mass is 353 g/mol. The lowest BCUT2D eigenvalue weighted by Gasteiger charge is -2.07. The highest BCUT2D eigenvalue weighted by molar-refractivity contribution is 6.30. The van der Waals surface area contributed by atoms with Gasteiger partial charge in [-0.25, -0.2) is 4.98 Å². The summed E-state index contributed by atoms with van der Waals surface area (Å²) in [5.74, 6) is 0.132. The second-order valence-electron chi connectivity index (χ2n) is 5.55. The maximum Gasteiger partial charge on any atom is 0.258 e. The third kappa shape index (κ3) is 4.62. The van der Waals surface area contributed by atoms with Crippen molar-refractivity contribution >= 4 is 23.3 Å². The van der Waals surface area contributed by atoms with E-state index in [1.165, 1.54) is 12.4 Å². The molecule has 0 spiro atoms. The first-order chi connectivity index (χ1) is 12.1. The van der Waals surface area contributed by atoms with Crippen LogP contribution >= 0.6 is 11.6 Å². The predicted octanol–water partition coefficient (Wildman–Crippen LogP) is 3.47. The third-order valence-electron chi connectivity index (χ3n) is 3.60. The van der Waals surface area contributed by atoms with Gasteiger partial charge in [0.05, 0.1) is 12.2 Å². The number of halogens is 1. The van der Waals surface area contributed by atoms with Gasteiger partial charge in [-0.05, 0) is 47.4 Å².